The molecule has 0 saturated carbocycles. The second kappa shape index (κ2) is 9.85. The van der Waals surface area contributed by atoms with Gasteiger partial charge in [-0.1, -0.05) is 72.0 Å². The maximum Gasteiger partial charge on any atom is 0.267 e. The van der Waals surface area contributed by atoms with Gasteiger partial charge in [-0.25, -0.2) is 4.39 Å². The largest absolute Gasteiger partial charge is 0.324 e. The number of hydrogen-bond donors (Lipinski definition) is 1. The smallest absolute Gasteiger partial charge is 0.267 e. The highest BCUT2D eigenvalue weighted by Crippen LogP contribution is 2.44. The third kappa shape index (κ3) is 4.65. The van der Waals surface area contributed by atoms with Crippen LogP contribution in [0, 0.1) is 5.82 Å². The number of amides is 3. The first kappa shape index (κ1) is 24.2. The highest BCUT2D eigenvalue weighted by molar-refractivity contribution is 8.26. The fourth-order valence-electron chi connectivity index (χ4n) is 4.03. The van der Waals surface area contributed by atoms with E-state index in [1.807, 2.05) is 0 Å². The van der Waals surface area contributed by atoms with Crippen LogP contribution in [0.1, 0.15) is 11.1 Å². The number of carbonyl (C=O) groups excluding carboxylic acids is 3. The van der Waals surface area contributed by atoms with Crippen molar-refractivity contribution >= 4 is 74.6 Å². The Bertz CT molecular complexity index is 1460. The molecule has 0 radical (unpaired) electrons. The van der Waals surface area contributed by atoms with Crippen LogP contribution < -0.4 is 10.2 Å². The zero-order valence-corrected chi connectivity index (χ0v) is 20.9. The van der Waals surface area contributed by atoms with Crippen molar-refractivity contribution in [2.75, 3.05) is 16.8 Å². The molecule has 0 aromatic heterocycles. The van der Waals surface area contributed by atoms with Crippen molar-refractivity contribution in [2.45, 2.75) is 6.54 Å². The molecule has 3 amide bonds. The van der Waals surface area contributed by atoms with E-state index in [0.717, 1.165) is 11.8 Å². The molecule has 2 heterocycles. The number of halogens is 2. The Kier molecular flexibility index (Phi) is 6.61. The number of para-hydroxylation sites is 1. The molecule has 1 N–H and O–H groups in total. The standard InChI is InChI=1S/C26H17ClFN3O3S2/c27-16-4-3-5-18(12-16)29-21(32)14-30-20-7-2-1-6-19(20)22(24(30)33)23-25(34)31(26(35)36-23)13-15-8-10-17(28)11-9-15/h1-12H,13-14H2,(H,29,32)/b23-22-. The van der Waals surface area contributed by atoms with E-state index in [0.29, 0.717) is 31.8 Å². The molecule has 36 heavy (non-hydrogen) atoms. The SMILES string of the molecule is O=C(CN1C(=O)/C(=C2\SC(=S)N(Cc3ccc(F)cc3)C2=O)c2ccccc21)Nc1cccc(Cl)c1. The number of anilines is 2. The predicted octanol–water partition coefficient (Wildman–Crippen LogP) is 5.24. The van der Waals surface area contributed by atoms with Gasteiger partial charge in [-0.15, -0.1) is 0 Å². The summed E-state index contributed by atoms with van der Waals surface area (Å²) >= 11 is 12.5. The van der Waals surface area contributed by atoms with Gasteiger partial charge in [-0.2, -0.15) is 0 Å². The molecule has 0 atom stereocenters. The summed E-state index contributed by atoms with van der Waals surface area (Å²) < 4.78 is 13.6. The number of thiocarbonyl (C=S) groups is 1. The van der Waals surface area contributed by atoms with Gasteiger partial charge in [0.25, 0.3) is 11.8 Å². The molecule has 0 aliphatic carbocycles. The van der Waals surface area contributed by atoms with E-state index in [-0.39, 0.29) is 29.4 Å². The number of carbonyl (C=O) groups is 3. The second-order valence-electron chi connectivity index (χ2n) is 8.06. The van der Waals surface area contributed by atoms with E-state index >= 15 is 0 Å². The van der Waals surface area contributed by atoms with Crippen molar-refractivity contribution in [1.29, 1.82) is 0 Å². The molecule has 3 aromatic rings. The summed E-state index contributed by atoms with van der Waals surface area (Å²) in [6.07, 6.45) is 0. The summed E-state index contributed by atoms with van der Waals surface area (Å²) in [5, 5.41) is 3.21. The van der Waals surface area contributed by atoms with Gasteiger partial charge in [-0.05, 0) is 42.0 Å². The minimum Gasteiger partial charge on any atom is -0.324 e. The zero-order valence-electron chi connectivity index (χ0n) is 18.5. The van der Waals surface area contributed by atoms with Crippen LogP contribution in [0.2, 0.25) is 5.02 Å². The summed E-state index contributed by atoms with van der Waals surface area (Å²) in [6.45, 7) is -0.0922. The number of fused-ring (bicyclic) bond motifs is 1. The molecular formula is C26H17ClFN3O3S2. The third-order valence-electron chi connectivity index (χ3n) is 5.66. The van der Waals surface area contributed by atoms with E-state index < -0.39 is 17.7 Å². The van der Waals surface area contributed by atoms with E-state index in [1.165, 1.54) is 21.9 Å². The van der Waals surface area contributed by atoms with Crippen LogP contribution in [0.25, 0.3) is 5.57 Å². The highest BCUT2D eigenvalue weighted by Gasteiger charge is 2.42. The van der Waals surface area contributed by atoms with E-state index in [1.54, 1.807) is 60.7 Å². The molecule has 1 saturated heterocycles. The van der Waals surface area contributed by atoms with Crippen molar-refractivity contribution in [2.24, 2.45) is 0 Å². The van der Waals surface area contributed by atoms with Crippen molar-refractivity contribution in [3.05, 3.63) is 99.7 Å². The second-order valence-corrected chi connectivity index (χ2v) is 10.1. The fraction of sp³-hybridized carbons (Fsp3) is 0.0769. The van der Waals surface area contributed by atoms with Gasteiger partial charge in [-0.3, -0.25) is 24.2 Å². The first-order valence-corrected chi connectivity index (χ1v) is 12.4. The van der Waals surface area contributed by atoms with Gasteiger partial charge in [0.1, 0.15) is 16.7 Å². The van der Waals surface area contributed by atoms with Gasteiger partial charge in [0.05, 0.1) is 22.7 Å². The lowest BCUT2D eigenvalue weighted by Crippen LogP contribution is -2.35. The van der Waals surface area contributed by atoms with Gasteiger partial charge in [0, 0.05) is 16.3 Å². The lowest BCUT2D eigenvalue weighted by atomic mass is 10.1. The minimum atomic E-state index is -0.459. The first-order chi connectivity index (χ1) is 17.3. The average Bonchev–Trinajstić information content (AvgIpc) is 3.28. The Morgan fingerprint density at radius 1 is 0.972 bits per heavy atom. The summed E-state index contributed by atoms with van der Waals surface area (Å²) in [7, 11) is 0. The minimum absolute atomic E-state index is 0.156. The van der Waals surface area contributed by atoms with Crippen LogP contribution in [-0.4, -0.2) is 33.5 Å². The normalized spacial score (nSPS) is 17.1. The average molecular weight is 538 g/mol. The van der Waals surface area contributed by atoms with Crippen molar-refractivity contribution in [3.8, 4) is 0 Å². The summed E-state index contributed by atoms with van der Waals surface area (Å²) in [5.41, 5.74) is 2.51. The van der Waals surface area contributed by atoms with Crippen LogP contribution in [0.15, 0.2) is 77.7 Å². The molecule has 2 aliphatic rings. The Morgan fingerprint density at radius 3 is 2.47 bits per heavy atom. The lowest BCUT2D eigenvalue weighted by molar-refractivity contribution is -0.122. The third-order valence-corrected chi connectivity index (χ3v) is 7.35. The van der Waals surface area contributed by atoms with E-state index in [2.05, 4.69) is 5.32 Å². The molecule has 180 valence electrons. The quantitative estimate of drug-likeness (QED) is 0.356. The molecular weight excluding hydrogens is 521 g/mol. The van der Waals surface area contributed by atoms with Crippen LogP contribution in [-0.2, 0) is 20.9 Å². The maximum atomic E-state index is 13.5. The Balaban J connectivity index is 1.42. The Hall–Kier alpha value is -3.53. The first-order valence-electron chi connectivity index (χ1n) is 10.8. The van der Waals surface area contributed by atoms with Gasteiger partial charge in [0.2, 0.25) is 5.91 Å². The monoisotopic (exact) mass is 537 g/mol. The number of rotatable bonds is 5. The van der Waals surface area contributed by atoms with Gasteiger partial charge in [0.15, 0.2) is 0 Å². The molecule has 0 unspecified atom stereocenters. The molecule has 2 aliphatic heterocycles. The topological polar surface area (TPSA) is 69.7 Å². The molecule has 0 spiro atoms. The summed E-state index contributed by atoms with van der Waals surface area (Å²) in [5.74, 6) is -1.65. The molecule has 0 bridgehead atoms. The van der Waals surface area contributed by atoms with Crippen molar-refractivity contribution < 1.29 is 18.8 Å². The van der Waals surface area contributed by atoms with Crippen LogP contribution in [0.3, 0.4) is 0 Å². The van der Waals surface area contributed by atoms with Crippen molar-refractivity contribution in [1.82, 2.24) is 4.90 Å². The summed E-state index contributed by atoms with van der Waals surface area (Å²) in [6, 6.07) is 19.5. The highest BCUT2D eigenvalue weighted by atomic mass is 35.5. The molecule has 5 rings (SSSR count). The van der Waals surface area contributed by atoms with Crippen LogP contribution in [0.4, 0.5) is 15.8 Å². The number of hydrogen-bond acceptors (Lipinski definition) is 5. The zero-order chi connectivity index (χ0) is 25.4. The van der Waals surface area contributed by atoms with Crippen LogP contribution >= 0.6 is 35.6 Å². The fourth-order valence-corrected chi connectivity index (χ4v) is 5.54. The molecule has 1 fully saturated rings. The maximum absolute atomic E-state index is 13.5. The number of nitrogens with one attached hydrogen (secondary N) is 1. The molecule has 6 nitrogen and oxygen atoms in total. The van der Waals surface area contributed by atoms with Gasteiger partial charge < -0.3 is 5.32 Å². The van der Waals surface area contributed by atoms with Crippen LogP contribution in [0.5, 0.6) is 0 Å². The summed E-state index contributed by atoms with van der Waals surface area (Å²) in [4.78, 5) is 42.6. The lowest BCUT2D eigenvalue weighted by Gasteiger charge is -2.17. The molecule has 3 aromatic carbocycles. The van der Waals surface area contributed by atoms with E-state index in [4.69, 9.17) is 23.8 Å². The van der Waals surface area contributed by atoms with E-state index in [9.17, 15) is 18.8 Å². The number of thioether (sulfide) groups is 1. The predicted molar refractivity (Wildman–Crippen MR) is 143 cm³/mol. The number of nitrogens with zero attached hydrogens (tertiary/aromatic N) is 2. The Labute approximate surface area is 220 Å². The van der Waals surface area contributed by atoms with Crippen molar-refractivity contribution in [3.63, 3.8) is 0 Å². The van der Waals surface area contributed by atoms with Gasteiger partial charge >= 0.3 is 0 Å². The molecule has 10 heteroatoms. The number of benzene rings is 3. The Morgan fingerprint density at radius 2 is 1.72 bits per heavy atom.